The van der Waals surface area contributed by atoms with Crippen LogP contribution in [-0.2, 0) is 37.8 Å². The van der Waals surface area contributed by atoms with E-state index in [9.17, 15) is 24.3 Å². The lowest BCUT2D eigenvalue weighted by atomic mass is 9.77. The topological polar surface area (TPSA) is 201 Å². The number of hydrogen-bond acceptors (Lipinski definition) is 11. The van der Waals surface area contributed by atoms with E-state index < -0.39 is 73.9 Å². The van der Waals surface area contributed by atoms with E-state index in [0.717, 1.165) is 23.2 Å². The first-order valence-corrected chi connectivity index (χ1v) is 24.5. The molecule has 0 bridgehead atoms. The lowest BCUT2D eigenvalue weighted by molar-refractivity contribution is -0.165. The molecule has 0 fully saturated rings. The molecule has 15 nitrogen and oxygen atoms in total. The van der Waals surface area contributed by atoms with E-state index in [4.69, 9.17) is 36.4 Å². The molecule has 3 N–H and O–H groups in total. The summed E-state index contributed by atoms with van der Waals surface area (Å²) in [5.74, 6) is -2.84. The van der Waals surface area contributed by atoms with Gasteiger partial charge >= 0.3 is 11.9 Å². The summed E-state index contributed by atoms with van der Waals surface area (Å²) in [6.45, 7) is 17.9. The fourth-order valence-electron chi connectivity index (χ4n) is 8.14. The second kappa shape index (κ2) is 25.3. The minimum atomic E-state index is -2.86. The zero-order valence-corrected chi connectivity index (χ0v) is 42.1. The summed E-state index contributed by atoms with van der Waals surface area (Å²) in [5, 5.41) is 22.0. The van der Waals surface area contributed by atoms with Gasteiger partial charge in [0.2, 0.25) is 5.91 Å². The molecule has 356 valence electrons. The number of benzene rings is 2. The van der Waals surface area contributed by atoms with Gasteiger partial charge < -0.3 is 39.3 Å². The van der Waals surface area contributed by atoms with Gasteiger partial charge in [0.25, 0.3) is 14.2 Å². The molecular weight excluding hydrogens is 853 g/mol. The maximum Gasteiger partial charge on any atom is 0.328 e. The van der Waals surface area contributed by atoms with Gasteiger partial charge in [-0.2, -0.15) is 0 Å². The van der Waals surface area contributed by atoms with Crippen LogP contribution >= 0.6 is 12.2 Å². The number of carbonyl (C=O) groups is 4. The van der Waals surface area contributed by atoms with Crippen LogP contribution in [0.5, 0.6) is 0 Å². The predicted octanol–water partition coefficient (Wildman–Crippen LogP) is 6.38. The molecule has 2 rings (SSSR count). The molecule has 0 radical (unpaired) electrons. The van der Waals surface area contributed by atoms with Gasteiger partial charge in [0.05, 0.1) is 36.3 Å². The summed E-state index contributed by atoms with van der Waals surface area (Å²) in [6.07, 6.45) is 2.69. The van der Waals surface area contributed by atoms with Gasteiger partial charge in [-0.15, -0.1) is 0 Å². The number of aliphatic hydroxyl groups excluding tert-OH is 1. The number of methoxy groups -OCH3 is 2. The number of esters is 2. The molecule has 0 aromatic heterocycles. The van der Waals surface area contributed by atoms with Gasteiger partial charge in [0.15, 0.2) is 0 Å². The number of rotatable bonds is 26. The summed E-state index contributed by atoms with van der Waals surface area (Å²) in [5.41, 5.74) is 5.90. The van der Waals surface area contributed by atoms with Gasteiger partial charge in [0.1, 0.15) is 23.7 Å². The Kier molecular flexibility index (Phi) is 22.1. The summed E-state index contributed by atoms with van der Waals surface area (Å²) in [6, 6.07) is 17.4. The number of amides is 2. The van der Waals surface area contributed by atoms with Crippen molar-refractivity contribution in [2.45, 2.75) is 149 Å². The summed E-state index contributed by atoms with van der Waals surface area (Å²) < 4.78 is 23.7. The van der Waals surface area contributed by atoms with E-state index in [2.05, 4.69) is 72.6 Å². The van der Waals surface area contributed by atoms with Crippen molar-refractivity contribution in [3.8, 4) is 0 Å². The Labute approximate surface area is 387 Å². The van der Waals surface area contributed by atoms with Crippen molar-refractivity contribution in [3.05, 3.63) is 71.1 Å². The molecule has 0 aliphatic carbocycles. The first kappa shape index (κ1) is 55.7. The van der Waals surface area contributed by atoms with Crippen LogP contribution in [0.4, 0.5) is 0 Å². The van der Waals surface area contributed by atoms with Crippen molar-refractivity contribution < 1.29 is 42.9 Å². The Balaban J connectivity index is 2.29. The maximum absolute atomic E-state index is 14.3. The monoisotopic (exact) mass is 927 g/mol. The van der Waals surface area contributed by atoms with Crippen LogP contribution in [-0.4, -0.2) is 117 Å². The molecule has 7 atom stereocenters. The molecule has 2 amide bonds. The van der Waals surface area contributed by atoms with Crippen molar-refractivity contribution in [2.24, 2.45) is 16.4 Å². The SMILES string of the molecule is CCC[C@@H](CC[C@@H](C)[C@H](OC(=O)[C@H](C)N=[N+]=[N-])C(C)(C)C(=O)N[C@@H](C)C(=S)N[C@@](C)(CO)C(=O)N(C)[C@@H](CCCO[Si](c1ccccc1)(c1ccccc1)C(C)(C)C)C(=O)OC)OC. The van der Waals surface area contributed by atoms with Crippen molar-refractivity contribution in [1.82, 2.24) is 15.5 Å². The fourth-order valence-corrected chi connectivity index (χ4v) is 13.0. The number of aliphatic hydroxyl groups is 1. The second-order valence-electron chi connectivity index (χ2n) is 18.4. The van der Waals surface area contributed by atoms with Crippen molar-refractivity contribution in [1.29, 1.82) is 0 Å². The molecule has 2 aromatic rings. The van der Waals surface area contributed by atoms with Crippen LogP contribution in [0.1, 0.15) is 108 Å². The summed E-state index contributed by atoms with van der Waals surface area (Å²) in [4.78, 5) is 58.7. The Bertz CT molecular complexity index is 1840. The van der Waals surface area contributed by atoms with Crippen molar-refractivity contribution in [3.63, 3.8) is 0 Å². The van der Waals surface area contributed by atoms with Crippen LogP contribution in [0, 0.1) is 11.3 Å². The van der Waals surface area contributed by atoms with E-state index in [0.29, 0.717) is 25.9 Å². The second-order valence-corrected chi connectivity index (χ2v) is 23.2. The summed E-state index contributed by atoms with van der Waals surface area (Å²) in [7, 11) is 1.52. The number of hydrogen-bond donors (Lipinski definition) is 3. The Morgan fingerprint density at radius 3 is 1.92 bits per heavy atom. The third kappa shape index (κ3) is 14.3. The van der Waals surface area contributed by atoms with Gasteiger partial charge in [-0.3, -0.25) is 14.4 Å². The maximum atomic E-state index is 14.3. The zero-order chi connectivity index (χ0) is 48.5. The van der Waals surface area contributed by atoms with Crippen LogP contribution in [0.3, 0.4) is 0 Å². The highest BCUT2D eigenvalue weighted by Crippen LogP contribution is 2.37. The predicted molar refractivity (Wildman–Crippen MR) is 257 cm³/mol. The average Bonchev–Trinajstić information content (AvgIpc) is 3.27. The van der Waals surface area contributed by atoms with E-state index in [-0.39, 0.29) is 28.5 Å². The molecule has 0 spiro atoms. The van der Waals surface area contributed by atoms with E-state index in [1.54, 1.807) is 27.9 Å². The molecule has 0 heterocycles. The number of azide groups is 1. The highest BCUT2D eigenvalue weighted by molar-refractivity contribution is 7.80. The van der Waals surface area contributed by atoms with Crippen LogP contribution < -0.4 is 21.0 Å². The van der Waals surface area contributed by atoms with Crippen molar-refractivity contribution >= 4 is 59.7 Å². The lowest BCUT2D eigenvalue weighted by Crippen LogP contribution is -2.66. The number of nitrogens with zero attached hydrogens (tertiary/aromatic N) is 4. The first-order valence-electron chi connectivity index (χ1n) is 22.1. The van der Waals surface area contributed by atoms with Crippen LogP contribution in [0.2, 0.25) is 5.04 Å². The zero-order valence-electron chi connectivity index (χ0n) is 40.3. The number of likely N-dealkylation sites (N-methyl/N-ethyl adjacent to an activating group) is 1. The quantitative estimate of drug-likeness (QED) is 0.0180. The average molecular weight is 927 g/mol. The molecule has 0 aliphatic rings. The third-order valence-corrected chi connectivity index (χ3v) is 17.6. The van der Waals surface area contributed by atoms with Crippen molar-refractivity contribution in [2.75, 3.05) is 34.5 Å². The highest BCUT2D eigenvalue weighted by atomic mass is 32.1. The number of thiocarbonyl (C=S) groups is 1. The minimum Gasteiger partial charge on any atom is -0.467 e. The largest absolute Gasteiger partial charge is 0.467 e. The van der Waals surface area contributed by atoms with Gasteiger partial charge in [-0.25, -0.2) is 4.79 Å². The highest BCUT2D eigenvalue weighted by Gasteiger charge is 2.50. The number of nitrogens with one attached hydrogen (secondary N) is 2. The molecule has 17 heteroatoms. The molecular formula is C47H74N6O9SSi. The normalized spacial score (nSPS) is 15.7. The number of ether oxygens (including phenoxy) is 3. The smallest absolute Gasteiger partial charge is 0.328 e. The summed E-state index contributed by atoms with van der Waals surface area (Å²) >= 11 is 5.71. The number of carbonyl (C=O) groups excluding carboxylic acids is 4. The van der Waals surface area contributed by atoms with E-state index in [1.165, 1.54) is 32.9 Å². The Hall–Kier alpha value is -4.38. The van der Waals surface area contributed by atoms with Gasteiger partial charge in [-0.05, 0) is 93.6 Å². The van der Waals surface area contributed by atoms with Crippen LogP contribution in [0.25, 0.3) is 10.4 Å². The first-order chi connectivity index (χ1) is 30.0. The molecule has 2 aromatic carbocycles. The molecule has 0 saturated heterocycles. The van der Waals surface area contributed by atoms with Gasteiger partial charge in [-0.1, -0.05) is 119 Å². The molecule has 0 unspecified atom stereocenters. The molecule has 0 aliphatic heterocycles. The fraction of sp³-hybridized carbons (Fsp3) is 0.638. The van der Waals surface area contributed by atoms with Gasteiger partial charge in [0, 0.05) is 25.7 Å². The van der Waals surface area contributed by atoms with E-state index >= 15 is 0 Å². The Morgan fingerprint density at radius 1 is 0.891 bits per heavy atom. The van der Waals surface area contributed by atoms with Crippen LogP contribution in [0.15, 0.2) is 65.8 Å². The van der Waals surface area contributed by atoms with E-state index in [1.807, 2.05) is 43.3 Å². The molecule has 0 saturated carbocycles. The molecule has 64 heavy (non-hydrogen) atoms. The third-order valence-electron chi connectivity index (χ3n) is 12.1. The Morgan fingerprint density at radius 2 is 1.45 bits per heavy atom. The minimum absolute atomic E-state index is 0.00842. The standard InChI is InChI=1S/C47H74N6O9SSi/c1-14-22-35(59-12)29-28-32(2)39(62-41(55)34(4)51-52-48)46(8,9)43(57)49-33(3)40(63)50-47(10,31-54)44(58)53(11)38(42(56)60-13)27-21-30-61-64(45(5,6)7,36-23-17-15-18-24-36)37-25-19-16-20-26-37/h15-20,23-26,32-35,38-39,54H,14,21-22,27-31H2,1-13H3,(H,49,57)(H,50,63)/t32-,33+,34+,35+,38+,39+,47+/m1/s1. The lowest BCUT2D eigenvalue weighted by Gasteiger charge is -2.43.